The van der Waals surface area contributed by atoms with Crippen LogP contribution in [0.4, 0.5) is 0 Å². The minimum absolute atomic E-state index is 0.00879. The maximum atomic E-state index is 12.1. The molecule has 1 aliphatic rings. The van der Waals surface area contributed by atoms with Crippen LogP contribution in [0.1, 0.15) is 31.2 Å². The van der Waals surface area contributed by atoms with Crippen LogP contribution >= 0.6 is 0 Å². The Morgan fingerprint density at radius 2 is 1.74 bits per heavy atom. The first-order valence-electron chi connectivity index (χ1n) is 7.60. The summed E-state index contributed by atoms with van der Waals surface area (Å²) in [5.74, 6) is 0.996. The second kappa shape index (κ2) is 7.85. The predicted octanol–water partition coefficient (Wildman–Crippen LogP) is 2.31. The highest BCUT2D eigenvalue weighted by molar-refractivity contribution is 5.86. The zero-order chi connectivity index (χ0) is 16.8. The number of rotatable bonds is 6. The number of methoxy groups -OCH3 is 3. The van der Waals surface area contributed by atoms with Crippen LogP contribution in [0.15, 0.2) is 12.1 Å². The molecule has 1 saturated carbocycles. The molecule has 1 atom stereocenters. The first-order valence-corrected chi connectivity index (χ1v) is 7.60. The summed E-state index contributed by atoms with van der Waals surface area (Å²) in [4.78, 5) is 23.8. The quantitative estimate of drug-likeness (QED) is 0.749. The number of benzene rings is 1. The van der Waals surface area contributed by atoms with Crippen molar-refractivity contribution in [3.8, 4) is 17.2 Å². The van der Waals surface area contributed by atoms with E-state index in [1.165, 1.54) is 21.3 Å². The van der Waals surface area contributed by atoms with Crippen molar-refractivity contribution in [2.45, 2.75) is 38.2 Å². The van der Waals surface area contributed by atoms with Gasteiger partial charge in [-0.25, -0.2) is 0 Å². The highest BCUT2D eigenvalue weighted by atomic mass is 16.5. The zero-order valence-electron chi connectivity index (χ0n) is 13.7. The molecule has 0 N–H and O–H groups in total. The molecule has 1 aromatic carbocycles. The molecular weight excluding hydrogens is 300 g/mol. The molecule has 6 heteroatoms. The van der Waals surface area contributed by atoms with Gasteiger partial charge in [0, 0.05) is 6.42 Å². The number of carbonyl (C=O) groups is 2. The third-order valence-electron chi connectivity index (χ3n) is 3.85. The standard InChI is InChI=1S/C17H22O6/c1-20-14-8-11(9-15(21-2)17(14)22-3)10-16(19)23-13-7-5-4-6-12(13)18/h8-9,13H,4-7,10H2,1-3H3/t13-/m0/s1. The van der Waals surface area contributed by atoms with Crippen molar-refractivity contribution in [1.82, 2.24) is 0 Å². The molecule has 23 heavy (non-hydrogen) atoms. The maximum Gasteiger partial charge on any atom is 0.310 e. The van der Waals surface area contributed by atoms with E-state index in [4.69, 9.17) is 18.9 Å². The Balaban J connectivity index is 2.09. The molecule has 0 bridgehead atoms. The Kier molecular flexibility index (Phi) is 5.84. The van der Waals surface area contributed by atoms with E-state index in [1.807, 2.05) is 0 Å². The minimum Gasteiger partial charge on any atom is -0.493 e. The van der Waals surface area contributed by atoms with Gasteiger partial charge in [0.15, 0.2) is 23.4 Å². The molecule has 1 aromatic rings. The van der Waals surface area contributed by atoms with Crippen LogP contribution in [-0.2, 0) is 20.7 Å². The van der Waals surface area contributed by atoms with Gasteiger partial charge in [0.25, 0.3) is 0 Å². The molecule has 1 aliphatic carbocycles. The number of hydrogen-bond acceptors (Lipinski definition) is 6. The Morgan fingerprint density at radius 3 is 2.26 bits per heavy atom. The summed E-state index contributed by atoms with van der Waals surface area (Å²) in [6.07, 6.45) is 2.33. The largest absolute Gasteiger partial charge is 0.493 e. The van der Waals surface area contributed by atoms with Crippen LogP contribution < -0.4 is 14.2 Å². The van der Waals surface area contributed by atoms with E-state index >= 15 is 0 Å². The number of carbonyl (C=O) groups excluding carboxylic acids is 2. The summed E-state index contributed by atoms with van der Waals surface area (Å²) in [6.45, 7) is 0. The molecule has 0 radical (unpaired) electrons. The van der Waals surface area contributed by atoms with Crippen molar-refractivity contribution in [3.05, 3.63) is 17.7 Å². The van der Waals surface area contributed by atoms with Gasteiger partial charge in [-0.15, -0.1) is 0 Å². The molecule has 0 heterocycles. The van der Waals surface area contributed by atoms with E-state index in [2.05, 4.69) is 0 Å². The molecule has 0 unspecified atom stereocenters. The van der Waals surface area contributed by atoms with Crippen molar-refractivity contribution < 1.29 is 28.5 Å². The van der Waals surface area contributed by atoms with E-state index in [0.29, 0.717) is 35.7 Å². The smallest absolute Gasteiger partial charge is 0.310 e. The lowest BCUT2D eigenvalue weighted by Gasteiger charge is -2.21. The van der Waals surface area contributed by atoms with E-state index in [-0.39, 0.29) is 12.2 Å². The molecule has 126 valence electrons. The summed E-state index contributed by atoms with van der Waals surface area (Å²) in [5, 5.41) is 0. The van der Waals surface area contributed by atoms with Gasteiger partial charge in [-0.05, 0) is 37.0 Å². The van der Waals surface area contributed by atoms with Crippen LogP contribution in [0, 0.1) is 0 Å². The van der Waals surface area contributed by atoms with Crippen molar-refractivity contribution in [2.75, 3.05) is 21.3 Å². The fourth-order valence-corrected chi connectivity index (χ4v) is 2.68. The fraction of sp³-hybridized carbons (Fsp3) is 0.529. The van der Waals surface area contributed by atoms with Crippen molar-refractivity contribution >= 4 is 11.8 Å². The fourth-order valence-electron chi connectivity index (χ4n) is 2.68. The van der Waals surface area contributed by atoms with E-state index < -0.39 is 12.1 Å². The van der Waals surface area contributed by atoms with E-state index in [9.17, 15) is 9.59 Å². The summed E-state index contributed by atoms with van der Waals surface area (Å²) in [7, 11) is 4.54. The average molecular weight is 322 g/mol. The van der Waals surface area contributed by atoms with Crippen molar-refractivity contribution in [3.63, 3.8) is 0 Å². The van der Waals surface area contributed by atoms with E-state index in [0.717, 1.165) is 12.8 Å². The van der Waals surface area contributed by atoms with Gasteiger partial charge in [0.1, 0.15) is 0 Å². The number of Topliss-reactive ketones (excluding diaryl/α,β-unsaturated/α-hetero) is 1. The van der Waals surface area contributed by atoms with Gasteiger partial charge in [0.05, 0.1) is 27.8 Å². The third kappa shape index (κ3) is 4.15. The topological polar surface area (TPSA) is 71.1 Å². The molecule has 0 amide bonds. The number of ether oxygens (including phenoxy) is 4. The van der Waals surface area contributed by atoms with Gasteiger partial charge >= 0.3 is 5.97 Å². The van der Waals surface area contributed by atoms with Crippen molar-refractivity contribution in [2.24, 2.45) is 0 Å². The number of ketones is 1. The van der Waals surface area contributed by atoms with Crippen LogP contribution in [0.2, 0.25) is 0 Å². The second-order valence-corrected chi connectivity index (χ2v) is 5.40. The maximum absolute atomic E-state index is 12.1. The Labute approximate surface area is 135 Å². The molecule has 0 aliphatic heterocycles. The van der Waals surface area contributed by atoms with Gasteiger partial charge in [0.2, 0.25) is 5.75 Å². The zero-order valence-corrected chi connectivity index (χ0v) is 13.7. The normalized spacial score (nSPS) is 17.5. The van der Waals surface area contributed by atoms with Crippen LogP contribution in [0.5, 0.6) is 17.2 Å². The first-order chi connectivity index (χ1) is 11.1. The second-order valence-electron chi connectivity index (χ2n) is 5.40. The monoisotopic (exact) mass is 322 g/mol. The van der Waals surface area contributed by atoms with Gasteiger partial charge in [-0.2, -0.15) is 0 Å². The van der Waals surface area contributed by atoms with E-state index in [1.54, 1.807) is 12.1 Å². The Bertz CT molecular complexity index is 555. The third-order valence-corrected chi connectivity index (χ3v) is 3.85. The lowest BCUT2D eigenvalue weighted by atomic mass is 9.96. The summed E-state index contributed by atoms with van der Waals surface area (Å²) < 4.78 is 21.1. The van der Waals surface area contributed by atoms with Gasteiger partial charge in [-0.1, -0.05) is 0 Å². The first kappa shape index (κ1) is 17.1. The SMILES string of the molecule is COc1cc(CC(=O)O[C@H]2CCCCC2=O)cc(OC)c1OC. The minimum atomic E-state index is -0.599. The number of hydrogen-bond donors (Lipinski definition) is 0. The molecule has 0 spiro atoms. The van der Waals surface area contributed by atoms with Crippen LogP contribution in [0.3, 0.4) is 0 Å². The molecule has 0 saturated heterocycles. The predicted molar refractivity (Wildman–Crippen MR) is 83.2 cm³/mol. The molecule has 1 fully saturated rings. The summed E-state index contributed by atoms with van der Waals surface area (Å²) in [5.41, 5.74) is 0.674. The average Bonchev–Trinajstić information content (AvgIpc) is 2.55. The number of esters is 1. The van der Waals surface area contributed by atoms with Gasteiger partial charge in [-0.3, -0.25) is 9.59 Å². The summed E-state index contributed by atoms with van der Waals surface area (Å²) in [6, 6.07) is 3.40. The molecule has 6 nitrogen and oxygen atoms in total. The molecule has 0 aromatic heterocycles. The Morgan fingerprint density at radius 1 is 1.09 bits per heavy atom. The van der Waals surface area contributed by atoms with Crippen molar-refractivity contribution in [1.29, 1.82) is 0 Å². The summed E-state index contributed by atoms with van der Waals surface area (Å²) >= 11 is 0. The lowest BCUT2D eigenvalue weighted by molar-refractivity contribution is -0.156. The van der Waals surface area contributed by atoms with Crippen LogP contribution in [0.25, 0.3) is 0 Å². The lowest BCUT2D eigenvalue weighted by Crippen LogP contribution is -2.30. The van der Waals surface area contributed by atoms with Crippen LogP contribution in [-0.4, -0.2) is 39.2 Å². The molecular formula is C17H22O6. The molecule has 2 rings (SSSR count). The highest BCUT2D eigenvalue weighted by Gasteiger charge is 2.26. The van der Waals surface area contributed by atoms with Gasteiger partial charge < -0.3 is 18.9 Å². The Hall–Kier alpha value is -2.24. The highest BCUT2D eigenvalue weighted by Crippen LogP contribution is 2.38.